The average molecular weight is 428 g/mol. The summed E-state index contributed by atoms with van der Waals surface area (Å²) in [7, 11) is 1.98. The SMILES string of the molecule is CC[C@@H](C)N(CC(=O)N(Cc1ccco1)Cc1cccn1C)C(=O)CCC1CCCC1. The molecule has 31 heavy (non-hydrogen) atoms. The van der Waals surface area contributed by atoms with Crippen molar-refractivity contribution in [3.8, 4) is 0 Å². The van der Waals surface area contributed by atoms with E-state index in [1.165, 1.54) is 25.7 Å². The number of hydrogen-bond acceptors (Lipinski definition) is 3. The summed E-state index contributed by atoms with van der Waals surface area (Å²) >= 11 is 0. The molecule has 0 N–H and O–H groups in total. The van der Waals surface area contributed by atoms with E-state index in [2.05, 4.69) is 6.92 Å². The molecule has 3 rings (SSSR count). The summed E-state index contributed by atoms with van der Waals surface area (Å²) in [5.41, 5.74) is 1.04. The Morgan fingerprint density at radius 2 is 1.94 bits per heavy atom. The maximum absolute atomic E-state index is 13.4. The lowest BCUT2D eigenvalue weighted by Gasteiger charge is -2.31. The van der Waals surface area contributed by atoms with Crippen LogP contribution >= 0.6 is 0 Å². The maximum Gasteiger partial charge on any atom is 0.242 e. The lowest BCUT2D eigenvalue weighted by Crippen LogP contribution is -2.46. The third-order valence-corrected chi connectivity index (χ3v) is 6.67. The van der Waals surface area contributed by atoms with Crippen LogP contribution in [0.2, 0.25) is 0 Å². The second-order valence-electron chi connectivity index (χ2n) is 8.91. The molecule has 170 valence electrons. The lowest BCUT2D eigenvalue weighted by atomic mass is 10.0. The Hall–Kier alpha value is -2.50. The number of carbonyl (C=O) groups is 2. The molecule has 1 saturated carbocycles. The first kappa shape index (κ1) is 23.2. The highest BCUT2D eigenvalue weighted by atomic mass is 16.3. The topological polar surface area (TPSA) is 58.7 Å². The predicted octanol–water partition coefficient (Wildman–Crippen LogP) is 4.74. The normalized spacial score (nSPS) is 15.2. The van der Waals surface area contributed by atoms with Gasteiger partial charge in [0.05, 0.1) is 19.4 Å². The molecule has 0 radical (unpaired) electrons. The highest BCUT2D eigenvalue weighted by Crippen LogP contribution is 2.29. The Kier molecular flexibility index (Phi) is 8.38. The number of aromatic nitrogens is 1. The molecule has 2 amide bonds. The predicted molar refractivity (Wildman–Crippen MR) is 121 cm³/mol. The zero-order chi connectivity index (χ0) is 22.2. The maximum atomic E-state index is 13.4. The van der Waals surface area contributed by atoms with Crippen molar-refractivity contribution in [1.29, 1.82) is 0 Å². The second-order valence-corrected chi connectivity index (χ2v) is 8.91. The number of carbonyl (C=O) groups excluding carboxylic acids is 2. The van der Waals surface area contributed by atoms with Crippen LogP contribution in [0.4, 0.5) is 0 Å². The average Bonchev–Trinajstić information content (AvgIpc) is 3.53. The van der Waals surface area contributed by atoms with Gasteiger partial charge < -0.3 is 18.8 Å². The molecule has 2 heterocycles. The van der Waals surface area contributed by atoms with Crippen molar-refractivity contribution >= 4 is 11.8 Å². The van der Waals surface area contributed by atoms with Crippen molar-refractivity contribution in [3.63, 3.8) is 0 Å². The second kappa shape index (κ2) is 11.2. The van der Waals surface area contributed by atoms with Gasteiger partial charge in [0.15, 0.2) is 0 Å². The Morgan fingerprint density at radius 3 is 2.55 bits per heavy atom. The Labute approximate surface area is 186 Å². The van der Waals surface area contributed by atoms with Crippen molar-refractivity contribution < 1.29 is 14.0 Å². The quantitative estimate of drug-likeness (QED) is 0.520. The fraction of sp³-hybridized carbons (Fsp3) is 0.600. The molecule has 6 heteroatoms. The van der Waals surface area contributed by atoms with Crippen LogP contribution in [0, 0.1) is 5.92 Å². The van der Waals surface area contributed by atoms with E-state index in [9.17, 15) is 9.59 Å². The molecular weight excluding hydrogens is 390 g/mol. The molecule has 6 nitrogen and oxygen atoms in total. The summed E-state index contributed by atoms with van der Waals surface area (Å²) in [5, 5.41) is 0. The minimum absolute atomic E-state index is 0.0422. The van der Waals surface area contributed by atoms with E-state index in [0.717, 1.165) is 24.3 Å². The summed E-state index contributed by atoms with van der Waals surface area (Å²) in [6, 6.07) is 7.74. The fourth-order valence-corrected chi connectivity index (χ4v) is 4.41. The van der Waals surface area contributed by atoms with Gasteiger partial charge in [0.1, 0.15) is 12.3 Å². The van der Waals surface area contributed by atoms with Crippen LogP contribution in [0.15, 0.2) is 41.1 Å². The molecule has 1 aliphatic carbocycles. The number of hydrogen-bond donors (Lipinski definition) is 0. The third-order valence-electron chi connectivity index (χ3n) is 6.67. The van der Waals surface area contributed by atoms with E-state index >= 15 is 0 Å². The molecule has 2 aromatic heterocycles. The van der Waals surface area contributed by atoms with Crippen molar-refractivity contribution in [2.24, 2.45) is 13.0 Å². The fourth-order valence-electron chi connectivity index (χ4n) is 4.41. The highest BCUT2D eigenvalue weighted by molar-refractivity contribution is 5.85. The Bertz CT molecular complexity index is 821. The number of rotatable bonds is 11. The van der Waals surface area contributed by atoms with Crippen LogP contribution in [-0.2, 0) is 29.7 Å². The van der Waals surface area contributed by atoms with E-state index in [0.29, 0.717) is 25.4 Å². The molecule has 0 aromatic carbocycles. The van der Waals surface area contributed by atoms with Crippen LogP contribution < -0.4 is 0 Å². The first-order valence-electron chi connectivity index (χ1n) is 11.7. The molecule has 0 aliphatic heterocycles. The lowest BCUT2D eigenvalue weighted by molar-refractivity contribution is -0.143. The number of nitrogens with zero attached hydrogens (tertiary/aromatic N) is 3. The third kappa shape index (κ3) is 6.49. The molecule has 1 aliphatic rings. The van der Waals surface area contributed by atoms with E-state index < -0.39 is 0 Å². The smallest absolute Gasteiger partial charge is 0.242 e. The molecule has 1 atom stereocenters. The molecule has 0 unspecified atom stereocenters. The molecule has 0 bridgehead atoms. The molecular formula is C25H37N3O3. The zero-order valence-electron chi connectivity index (χ0n) is 19.3. The van der Waals surface area contributed by atoms with Crippen molar-refractivity contribution in [1.82, 2.24) is 14.4 Å². The van der Waals surface area contributed by atoms with Crippen molar-refractivity contribution in [3.05, 3.63) is 48.2 Å². The van der Waals surface area contributed by atoms with Crippen LogP contribution in [0.1, 0.15) is 70.2 Å². The minimum atomic E-state index is -0.0490. The van der Waals surface area contributed by atoms with Crippen LogP contribution in [0.5, 0.6) is 0 Å². The van der Waals surface area contributed by atoms with Crippen LogP contribution in [-0.4, -0.2) is 38.8 Å². The number of amides is 2. The van der Waals surface area contributed by atoms with Gasteiger partial charge in [-0.1, -0.05) is 32.6 Å². The molecule has 1 fully saturated rings. The highest BCUT2D eigenvalue weighted by Gasteiger charge is 2.26. The number of aryl methyl sites for hydroxylation is 1. The molecule has 0 spiro atoms. The summed E-state index contributed by atoms with van der Waals surface area (Å²) in [5.74, 6) is 1.47. The van der Waals surface area contributed by atoms with Gasteiger partial charge in [-0.3, -0.25) is 9.59 Å². The van der Waals surface area contributed by atoms with Crippen molar-refractivity contribution in [2.75, 3.05) is 6.54 Å². The summed E-state index contributed by atoms with van der Waals surface area (Å²) in [6.45, 7) is 5.09. The van der Waals surface area contributed by atoms with E-state index in [1.807, 2.05) is 49.0 Å². The van der Waals surface area contributed by atoms with Gasteiger partial charge >= 0.3 is 0 Å². The Balaban J connectivity index is 1.68. The summed E-state index contributed by atoms with van der Waals surface area (Å²) in [4.78, 5) is 30.0. The monoisotopic (exact) mass is 427 g/mol. The largest absolute Gasteiger partial charge is 0.467 e. The first-order chi connectivity index (χ1) is 15.0. The van der Waals surface area contributed by atoms with Crippen LogP contribution in [0.3, 0.4) is 0 Å². The minimum Gasteiger partial charge on any atom is -0.467 e. The Morgan fingerprint density at radius 1 is 1.16 bits per heavy atom. The molecule has 2 aromatic rings. The van der Waals surface area contributed by atoms with Gasteiger partial charge in [0, 0.05) is 31.4 Å². The van der Waals surface area contributed by atoms with Gasteiger partial charge in [-0.25, -0.2) is 0 Å². The standard InChI is InChI=1S/C25H37N3O3/c1-4-20(2)28(24(29)14-13-21-9-5-6-10-21)19-25(30)27(18-23-12-8-16-31-23)17-22-11-7-15-26(22)3/h7-8,11-12,15-16,20-21H,4-6,9-10,13-14,17-19H2,1-3H3/t20-/m1/s1. The van der Waals surface area contributed by atoms with Gasteiger partial charge in [-0.05, 0) is 49.9 Å². The first-order valence-corrected chi connectivity index (χ1v) is 11.7. The summed E-state index contributed by atoms with van der Waals surface area (Å²) < 4.78 is 7.51. The summed E-state index contributed by atoms with van der Waals surface area (Å²) in [6.07, 6.45) is 11.0. The van der Waals surface area contributed by atoms with Gasteiger partial charge in [0.2, 0.25) is 11.8 Å². The van der Waals surface area contributed by atoms with Gasteiger partial charge in [-0.2, -0.15) is 0 Å². The van der Waals surface area contributed by atoms with Crippen LogP contribution in [0.25, 0.3) is 0 Å². The van der Waals surface area contributed by atoms with Gasteiger partial charge in [0.25, 0.3) is 0 Å². The number of furan rings is 1. The van der Waals surface area contributed by atoms with E-state index in [1.54, 1.807) is 16.1 Å². The molecule has 0 saturated heterocycles. The van der Waals surface area contributed by atoms with Gasteiger partial charge in [-0.15, -0.1) is 0 Å². The van der Waals surface area contributed by atoms with E-state index in [4.69, 9.17) is 4.42 Å². The van der Waals surface area contributed by atoms with E-state index in [-0.39, 0.29) is 24.4 Å². The van der Waals surface area contributed by atoms with Crippen molar-refractivity contribution in [2.45, 2.75) is 77.9 Å². The zero-order valence-corrected chi connectivity index (χ0v) is 19.3.